The molecule has 2 N–H and O–H groups in total. The van der Waals surface area contributed by atoms with E-state index in [1.165, 1.54) is 11.3 Å². The van der Waals surface area contributed by atoms with Crippen LogP contribution in [0.1, 0.15) is 18.1 Å². The first-order chi connectivity index (χ1) is 12.1. The Morgan fingerprint density at radius 1 is 1.08 bits per heavy atom. The number of anilines is 1. The second-order valence-electron chi connectivity index (χ2n) is 5.23. The van der Waals surface area contributed by atoms with Gasteiger partial charge in [-0.25, -0.2) is 0 Å². The second kappa shape index (κ2) is 7.63. The van der Waals surface area contributed by atoms with E-state index in [0.717, 1.165) is 16.8 Å². The van der Waals surface area contributed by atoms with Crippen LogP contribution in [-0.4, -0.2) is 20.8 Å². The van der Waals surface area contributed by atoms with Crippen LogP contribution < -0.4 is 5.43 Å². The van der Waals surface area contributed by atoms with Crippen molar-refractivity contribution in [2.75, 3.05) is 5.43 Å². The average molecular weight is 352 g/mol. The predicted molar refractivity (Wildman–Crippen MR) is 99.2 cm³/mol. The fourth-order valence-corrected chi connectivity index (χ4v) is 2.55. The number of azo groups is 1. The van der Waals surface area contributed by atoms with Gasteiger partial charge >= 0.3 is 0 Å². The molecular weight excluding hydrogens is 336 g/mol. The number of nitrogens with zero attached hydrogens (tertiary/aromatic N) is 5. The molecule has 0 radical (unpaired) electrons. The van der Waals surface area contributed by atoms with Gasteiger partial charge in [-0.15, -0.1) is 10.2 Å². The molecule has 126 valence electrons. The molecule has 0 aliphatic heterocycles. The number of hydrazone groups is 1. The van der Waals surface area contributed by atoms with Crippen molar-refractivity contribution in [2.24, 2.45) is 15.3 Å². The maximum absolute atomic E-state index is 9.88. The Kier molecular flexibility index (Phi) is 5.10. The van der Waals surface area contributed by atoms with Gasteiger partial charge in [0.2, 0.25) is 10.1 Å². The van der Waals surface area contributed by atoms with Crippen molar-refractivity contribution in [1.29, 1.82) is 0 Å². The van der Waals surface area contributed by atoms with Crippen molar-refractivity contribution >= 4 is 32.9 Å². The number of nitrogens with one attached hydrogen (secondary N) is 1. The third kappa shape index (κ3) is 4.45. The van der Waals surface area contributed by atoms with Gasteiger partial charge in [-0.3, -0.25) is 10.4 Å². The van der Waals surface area contributed by atoms with E-state index in [1.54, 1.807) is 12.4 Å². The highest BCUT2D eigenvalue weighted by Crippen LogP contribution is 2.37. The molecule has 25 heavy (non-hydrogen) atoms. The molecule has 7 nitrogen and oxygen atoms in total. The van der Waals surface area contributed by atoms with Crippen LogP contribution in [0.2, 0.25) is 0 Å². The topological polar surface area (TPSA) is 95.1 Å². The third-order valence-electron chi connectivity index (χ3n) is 3.30. The monoisotopic (exact) mass is 352 g/mol. The molecule has 2 aromatic heterocycles. The highest BCUT2D eigenvalue weighted by Gasteiger charge is 2.09. The summed E-state index contributed by atoms with van der Waals surface area (Å²) >= 11 is 1.17. The molecule has 3 aromatic rings. The number of aryl methyl sites for hydroxylation is 1. The summed E-state index contributed by atoms with van der Waals surface area (Å²) in [7, 11) is 0. The Bertz CT molecular complexity index is 903. The maximum atomic E-state index is 9.88. The van der Waals surface area contributed by atoms with Crippen molar-refractivity contribution < 1.29 is 5.11 Å². The van der Waals surface area contributed by atoms with Gasteiger partial charge in [0.05, 0.1) is 11.4 Å². The van der Waals surface area contributed by atoms with E-state index >= 15 is 0 Å². The Hall–Kier alpha value is -3.13. The summed E-state index contributed by atoms with van der Waals surface area (Å²) in [6, 6.07) is 11.3. The molecule has 0 saturated carbocycles. The summed E-state index contributed by atoms with van der Waals surface area (Å²) in [6.45, 7) is 3.87. The maximum Gasteiger partial charge on any atom is 0.253 e. The molecule has 0 atom stereocenters. The van der Waals surface area contributed by atoms with E-state index < -0.39 is 0 Å². The molecule has 0 bridgehead atoms. The number of benzene rings is 1. The third-order valence-corrected chi connectivity index (χ3v) is 4.13. The van der Waals surface area contributed by atoms with Crippen LogP contribution in [0.25, 0.3) is 0 Å². The predicted octanol–water partition coefficient (Wildman–Crippen LogP) is 4.80. The van der Waals surface area contributed by atoms with Crippen LogP contribution in [0.5, 0.6) is 5.88 Å². The lowest BCUT2D eigenvalue weighted by atomic mass is 10.2. The van der Waals surface area contributed by atoms with E-state index in [0.29, 0.717) is 15.8 Å². The Labute approximate surface area is 148 Å². The highest BCUT2D eigenvalue weighted by molar-refractivity contribution is 7.19. The summed E-state index contributed by atoms with van der Waals surface area (Å²) < 4.78 is 0. The highest BCUT2D eigenvalue weighted by atomic mass is 32.1. The average Bonchev–Trinajstić information content (AvgIpc) is 3.00. The zero-order valence-corrected chi connectivity index (χ0v) is 14.5. The van der Waals surface area contributed by atoms with Gasteiger partial charge < -0.3 is 5.11 Å². The number of aromatic nitrogens is 2. The number of aromatic hydroxyl groups is 1. The summed E-state index contributed by atoms with van der Waals surface area (Å²) in [4.78, 5) is 7.96. The molecule has 0 aliphatic carbocycles. The lowest BCUT2D eigenvalue weighted by Crippen LogP contribution is -1.99. The minimum atomic E-state index is -0.180. The fraction of sp³-hybridized carbons (Fsp3) is 0.118. The number of hydrogen-bond donors (Lipinski definition) is 2. The molecule has 2 heterocycles. The van der Waals surface area contributed by atoms with Gasteiger partial charge in [0.1, 0.15) is 0 Å². The summed E-state index contributed by atoms with van der Waals surface area (Å²) in [5.41, 5.74) is 6.40. The standard InChI is InChI=1S/C17H16N6OS/c1-11-3-5-14(6-4-11)21-22-16-15(24)19-17(25-16)23-20-12(2)13-7-9-18-10-8-13/h3-10,24H,1-2H3,(H,19,23)/b20-12+,22-21?. The van der Waals surface area contributed by atoms with Crippen LogP contribution in [0.15, 0.2) is 64.1 Å². The van der Waals surface area contributed by atoms with Crippen molar-refractivity contribution in [3.05, 3.63) is 59.9 Å². The minimum Gasteiger partial charge on any atom is -0.491 e. The van der Waals surface area contributed by atoms with E-state index in [9.17, 15) is 5.11 Å². The molecule has 3 rings (SSSR count). The number of thiazole rings is 1. The van der Waals surface area contributed by atoms with Crippen molar-refractivity contribution in [3.63, 3.8) is 0 Å². The zero-order valence-electron chi connectivity index (χ0n) is 13.7. The van der Waals surface area contributed by atoms with Gasteiger partial charge in [-0.2, -0.15) is 10.1 Å². The minimum absolute atomic E-state index is 0.180. The van der Waals surface area contributed by atoms with Crippen LogP contribution in [-0.2, 0) is 0 Å². The van der Waals surface area contributed by atoms with Gasteiger partial charge in [0, 0.05) is 18.0 Å². The van der Waals surface area contributed by atoms with Crippen molar-refractivity contribution in [1.82, 2.24) is 9.97 Å². The molecule has 0 fully saturated rings. The van der Waals surface area contributed by atoms with Crippen LogP contribution in [0.4, 0.5) is 15.8 Å². The lowest BCUT2D eigenvalue weighted by Gasteiger charge is -1.99. The van der Waals surface area contributed by atoms with Crippen LogP contribution in [0, 0.1) is 6.92 Å². The zero-order chi connectivity index (χ0) is 17.6. The van der Waals surface area contributed by atoms with E-state index in [1.807, 2.05) is 50.2 Å². The van der Waals surface area contributed by atoms with Crippen LogP contribution in [0.3, 0.4) is 0 Å². The molecule has 0 amide bonds. The first-order valence-corrected chi connectivity index (χ1v) is 8.32. The van der Waals surface area contributed by atoms with Gasteiger partial charge in [0.25, 0.3) is 5.88 Å². The molecule has 0 spiro atoms. The Balaban J connectivity index is 1.71. The first-order valence-electron chi connectivity index (χ1n) is 7.51. The first kappa shape index (κ1) is 16.7. The lowest BCUT2D eigenvalue weighted by molar-refractivity contribution is 0.459. The molecular formula is C17H16N6OS. The largest absolute Gasteiger partial charge is 0.491 e. The van der Waals surface area contributed by atoms with E-state index in [2.05, 4.69) is 30.7 Å². The van der Waals surface area contributed by atoms with Crippen molar-refractivity contribution in [3.8, 4) is 5.88 Å². The quantitative estimate of drug-likeness (QED) is 0.391. The fourth-order valence-electron chi connectivity index (χ4n) is 1.92. The molecule has 1 aromatic carbocycles. The molecule has 0 unspecified atom stereocenters. The van der Waals surface area contributed by atoms with E-state index in [4.69, 9.17) is 0 Å². The van der Waals surface area contributed by atoms with Gasteiger partial charge in [-0.1, -0.05) is 29.0 Å². The number of rotatable bonds is 5. The van der Waals surface area contributed by atoms with Crippen molar-refractivity contribution in [2.45, 2.75) is 13.8 Å². The number of hydrogen-bond acceptors (Lipinski definition) is 8. The Morgan fingerprint density at radius 3 is 2.52 bits per heavy atom. The summed E-state index contributed by atoms with van der Waals surface area (Å²) in [5, 5.41) is 23.0. The van der Waals surface area contributed by atoms with Crippen LogP contribution >= 0.6 is 11.3 Å². The molecule has 0 saturated heterocycles. The Morgan fingerprint density at radius 2 is 1.80 bits per heavy atom. The summed E-state index contributed by atoms with van der Waals surface area (Å²) in [5.74, 6) is -0.180. The van der Waals surface area contributed by atoms with Gasteiger partial charge in [-0.05, 0) is 38.1 Å². The van der Waals surface area contributed by atoms with Gasteiger partial charge in [0.15, 0.2) is 0 Å². The normalized spacial score (nSPS) is 11.8. The summed E-state index contributed by atoms with van der Waals surface area (Å²) in [6.07, 6.45) is 3.40. The smallest absolute Gasteiger partial charge is 0.253 e. The number of pyridine rings is 1. The molecule has 0 aliphatic rings. The molecule has 8 heteroatoms. The second-order valence-corrected chi connectivity index (χ2v) is 6.21. The SMILES string of the molecule is C/C(=N\Nc1nc(O)c(N=Nc2ccc(C)cc2)s1)c1ccncc1. The van der Waals surface area contributed by atoms with E-state index in [-0.39, 0.29) is 5.88 Å².